The molecule has 0 saturated carbocycles. The Bertz CT molecular complexity index is 578. The van der Waals surface area contributed by atoms with Crippen molar-refractivity contribution >= 4 is 23.1 Å². The molecule has 8 heteroatoms. The van der Waals surface area contributed by atoms with Crippen LogP contribution in [0.3, 0.4) is 0 Å². The van der Waals surface area contributed by atoms with Gasteiger partial charge in [-0.15, -0.1) is 0 Å². The molecule has 1 saturated heterocycles. The predicted octanol–water partition coefficient (Wildman–Crippen LogP) is 1.68. The first-order valence-corrected chi connectivity index (χ1v) is 7.41. The van der Waals surface area contributed by atoms with Crippen LogP contribution in [0.5, 0.6) is 0 Å². The largest absolute Gasteiger partial charge is 0.383 e. The van der Waals surface area contributed by atoms with E-state index in [1.54, 1.807) is 12.7 Å². The van der Waals surface area contributed by atoms with Crippen LogP contribution in [-0.4, -0.2) is 44.9 Å². The Hall–Kier alpha value is -1.89. The van der Waals surface area contributed by atoms with E-state index in [-0.39, 0.29) is 0 Å². The Kier molecular flexibility index (Phi) is 4.19. The summed E-state index contributed by atoms with van der Waals surface area (Å²) in [6.07, 6.45) is 7.07. The zero-order valence-electron chi connectivity index (χ0n) is 11.9. The van der Waals surface area contributed by atoms with Crippen molar-refractivity contribution in [3.05, 3.63) is 24.1 Å². The molecule has 112 valence electrons. The SMILES string of the molecule is CNc1c(Cl)ncnc1N1CCC(Cn2cncn2)CC1. The molecule has 3 rings (SSSR count). The number of halogens is 1. The summed E-state index contributed by atoms with van der Waals surface area (Å²) in [5.74, 6) is 1.51. The Morgan fingerprint density at radius 3 is 2.76 bits per heavy atom. The van der Waals surface area contributed by atoms with Crippen molar-refractivity contribution in [3.63, 3.8) is 0 Å². The van der Waals surface area contributed by atoms with Crippen LogP contribution >= 0.6 is 11.6 Å². The van der Waals surface area contributed by atoms with Gasteiger partial charge >= 0.3 is 0 Å². The van der Waals surface area contributed by atoms with Crippen molar-refractivity contribution in [2.24, 2.45) is 5.92 Å². The molecule has 1 aliphatic rings. The fourth-order valence-corrected chi connectivity index (χ4v) is 2.95. The Labute approximate surface area is 128 Å². The van der Waals surface area contributed by atoms with E-state index in [2.05, 4.69) is 30.3 Å². The van der Waals surface area contributed by atoms with Gasteiger partial charge in [-0.05, 0) is 18.8 Å². The predicted molar refractivity (Wildman–Crippen MR) is 81.5 cm³/mol. The normalized spacial score (nSPS) is 16.2. The molecule has 1 fully saturated rings. The van der Waals surface area contributed by atoms with E-state index in [0.717, 1.165) is 44.0 Å². The summed E-state index contributed by atoms with van der Waals surface area (Å²) in [4.78, 5) is 14.6. The molecule has 0 aliphatic carbocycles. The lowest BCUT2D eigenvalue weighted by Crippen LogP contribution is -2.36. The van der Waals surface area contributed by atoms with Crippen LogP contribution in [0.2, 0.25) is 5.15 Å². The summed E-state index contributed by atoms with van der Waals surface area (Å²) in [5, 5.41) is 7.72. The van der Waals surface area contributed by atoms with Crippen molar-refractivity contribution in [2.45, 2.75) is 19.4 Å². The lowest BCUT2D eigenvalue weighted by Gasteiger charge is -2.33. The molecular formula is C13H18ClN7. The van der Waals surface area contributed by atoms with Gasteiger partial charge in [0.2, 0.25) is 0 Å². The first-order valence-electron chi connectivity index (χ1n) is 7.03. The van der Waals surface area contributed by atoms with E-state index < -0.39 is 0 Å². The van der Waals surface area contributed by atoms with Crippen LogP contribution in [0.1, 0.15) is 12.8 Å². The molecule has 0 bridgehead atoms. The molecule has 2 aromatic rings. The standard InChI is InChI=1S/C13H18ClN7/c1-15-11-12(14)17-8-18-13(11)20-4-2-10(3-5-20)6-21-9-16-7-19-21/h7-10,15H,2-6H2,1H3. The minimum Gasteiger partial charge on any atom is -0.383 e. The molecular weight excluding hydrogens is 290 g/mol. The lowest BCUT2D eigenvalue weighted by atomic mass is 9.97. The van der Waals surface area contributed by atoms with Gasteiger partial charge in [0.05, 0.1) is 0 Å². The Morgan fingerprint density at radius 1 is 1.29 bits per heavy atom. The summed E-state index contributed by atoms with van der Waals surface area (Å²) < 4.78 is 1.90. The molecule has 1 N–H and O–H groups in total. The fraction of sp³-hybridized carbons (Fsp3) is 0.538. The lowest BCUT2D eigenvalue weighted by molar-refractivity contribution is 0.341. The number of nitrogens with one attached hydrogen (secondary N) is 1. The summed E-state index contributed by atoms with van der Waals surface area (Å²) in [6.45, 7) is 2.85. The fourth-order valence-electron chi connectivity index (χ4n) is 2.73. The second kappa shape index (κ2) is 6.26. The second-order valence-electron chi connectivity index (χ2n) is 5.16. The van der Waals surface area contributed by atoms with Crippen molar-refractivity contribution in [1.82, 2.24) is 24.7 Å². The van der Waals surface area contributed by atoms with Gasteiger partial charge in [0, 0.05) is 26.7 Å². The molecule has 21 heavy (non-hydrogen) atoms. The maximum absolute atomic E-state index is 6.11. The van der Waals surface area contributed by atoms with Crippen LogP contribution < -0.4 is 10.2 Å². The summed E-state index contributed by atoms with van der Waals surface area (Å²) in [7, 11) is 1.84. The first kappa shape index (κ1) is 14.1. The zero-order valence-corrected chi connectivity index (χ0v) is 12.7. The van der Waals surface area contributed by atoms with Crippen LogP contribution in [0.25, 0.3) is 0 Å². The highest BCUT2D eigenvalue weighted by atomic mass is 35.5. The molecule has 7 nitrogen and oxygen atoms in total. The van der Waals surface area contributed by atoms with Crippen LogP contribution in [-0.2, 0) is 6.54 Å². The van der Waals surface area contributed by atoms with Gasteiger partial charge in [-0.1, -0.05) is 11.6 Å². The summed E-state index contributed by atoms with van der Waals surface area (Å²) >= 11 is 6.11. The molecule has 0 radical (unpaired) electrons. The minimum absolute atomic E-state index is 0.465. The highest BCUT2D eigenvalue weighted by molar-refractivity contribution is 6.32. The molecule has 3 heterocycles. The highest BCUT2D eigenvalue weighted by Crippen LogP contribution is 2.31. The highest BCUT2D eigenvalue weighted by Gasteiger charge is 2.23. The summed E-state index contributed by atoms with van der Waals surface area (Å²) in [5.41, 5.74) is 0.800. The number of hydrogen-bond donors (Lipinski definition) is 1. The van der Waals surface area contributed by atoms with E-state index >= 15 is 0 Å². The van der Waals surface area contributed by atoms with Crippen LogP contribution in [0.15, 0.2) is 19.0 Å². The number of piperidine rings is 1. The van der Waals surface area contributed by atoms with Gasteiger partial charge in [-0.25, -0.2) is 15.0 Å². The maximum atomic E-state index is 6.11. The maximum Gasteiger partial charge on any atom is 0.157 e. The third kappa shape index (κ3) is 3.07. The van der Waals surface area contributed by atoms with E-state index in [9.17, 15) is 0 Å². The van der Waals surface area contributed by atoms with Gasteiger partial charge in [0.25, 0.3) is 0 Å². The second-order valence-corrected chi connectivity index (χ2v) is 5.52. The minimum atomic E-state index is 0.465. The monoisotopic (exact) mass is 307 g/mol. The molecule has 0 atom stereocenters. The smallest absolute Gasteiger partial charge is 0.157 e. The van der Waals surface area contributed by atoms with Gasteiger partial charge < -0.3 is 10.2 Å². The quantitative estimate of drug-likeness (QED) is 0.867. The molecule has 0 aromatic carbocycles. The van der Waals surface area contributed by atoms with Crippen LogP contribution in [0, 0.1) is 5.92 Å². The van der Waals surface area contributed by atoms with Crippen molar-refractivity contribution < 1.29 is 0 Å². The third-order valence-corrected chi connectivity index (χ3v) is 4.14. The van der Waals surface area contributed by atoms with E-state index in [1.165, 1.54) is 6.33 Å². The number of aromatic nitrogens is 5. The van der Waals surface area contributed by atoms with Crippen molar-refractivity contribution in [1.29, 1.82) is 0 Å². The van der Waals surface area contributed by atoms with E-state index in [1.807, 2.05) is 11.7 Å². The van der Waals surface area contributed by atoms with Gasteiger partial charge in [-0.3, -0.25) is 4.68 Å². The molecule has 1 aliphatic heterocycles. The third-order valence-electron chi connectivity index (χ3n) is 3.86. The molecule has 2 aromatic heterocycles. The van der Waals surface area contributed by atoms with Gasteiger partial charge in [0.1, 0.15) is 24.7 Å². The zero-order chi connectivity index (χ0) is 14.7. The van der Waals surface area contributed by atoms with Crippen molar-refractivity contribution in [3.8, 4) is 0 Å². The van der Waals surface area contributed by atoms with Gasteiger partial charge in [-0.2, -0.15) is 5.10 Å². The topological polar surface area (TPSA) is 71.8 Å². The average molecular weight is 308 g/mol. The Morgan fingerprint density at radius 2 is 2.10 bits per heavy atom. The number of hydrogen-bond acceptors (Lipinski definition) is 6. The number of anilines is 2. The molecule has 0 amide bonds. The number of nitrogens with zero attached hydrogens (tertiary/aromatic N) is 6. The van der Waals surface area contributed by atoms with Gasteiger partial charge in [0.15, 0.2) is 11.0 Å². The van der Waals surface area contributed by atoms with Crippen molar-refractivity contribution in [2.75, 3.05) is 30.4 Å². The summed E-state index contributed by atoms with van der Waals surface area (Å²) in [6, 6.07) is 0. The first-order chi connectivity index (χ1) is 10.3. The molecule has 0 spiro atoms. The van der Waals surface area contributed by atoms with Crippen LogP contribution in [0.4, 0.5) is 11.5 Å². The molecule has 0 unspecified atom stereocenters. The van der Waals surface area contributed by atoms with E-state index in [4.69, 9.17) is 11.6 Å². The van der Waals surface area contributed by atoms with E-state index in [0.29, 0.717) is 11.1 Å². The average Bonchev–Trinajstić information content (AvgIpc) is 3.01. The Balaban J connectivity index is 1.64. The number of rotatable bonds is 4.